The summed E-state index contributed by atoms with van der Waals surface area (Å²) in [6, 6.07) is 24.8. The highest BCUT2D eigenvalue weighted by Gasteiger charge is 2.17. The van der Waals surface area contributed by atoms with Gasteiger partial charge >= 0.3 is 0 Å². The van der Waals surface area contributed by atoms with Crippen LogP contribution in [0.4, 0.5) is 0 Å². The Morgan fingerprint density at radius 1 is 0.941 bits per heavy atom. The minimum atomic E-state index is -0.250. The molecule has 0 aliphatic rings. The molecule has 4 rings (SSSR count). The van der Waals surface area contributed by atoms with Gasteiger partial charge in [-0.05, 0) is 54.1 Å². The van der Waals surface area contributed by atoms with Crippen molar-refractivity contribution >= 4 is 23.9 Å². The van der Waals surface area contributed by atoms with E-state index in [-0.39, 0.29) is 11.7 Å². The van der Waals surface area contributed by atoms with Gasteiger partial charge in [-0.2, -0.15) is 5.10 Å². The summed E-state index contributed by atoms with van der Waals surface area (Å²) in [6.45, 7) is 0. The van der Waals surface area contributed by atoms with Gasteiger partial charge in [-0.3, -0.25) is 9.36 Å². The van der Waals surface area contributed by atoms with E-state index in [1.165, 1.54) is 11.8 Å². The largest absolute Gasteiger partial charge is 0.497 e. The molecule has 4 aromatic rings. The number of carbonyl (C=O) groups excluding carboxylic acids is 1. The van der Waals surface area contributed by atoms with Gasteiger partial charge in [0.2, 0.25) is 0 Å². The number of methoxy groups -OCH3 is 2. The van der Waals surface area contributed by atoms with Crippen molar-refractivity contribution in [2.45, 2.75) is 5.16 Å². The lowest BCUT2D eigenvalue weighted by Gasteiger charge is -2.11. The first-order valence-electron chi connectivity index (χ1n) is 10.4. The standard InChI is InChI=1S/C25H23N5O3S/c1-32-21-12-8-18(9-13-21)16-26-27-23(31)17-34-25-29-28-24(19-6-4-3-5-7-19)30(25)20-10-14-22(33-2)15-11-20/h3-16H,17H2,1-2H3,(H,27,31)/b26-16-. The predicted molar refractivity (Wildman–Crippen MR) is 133 cm³/mol. The molecule has 1 amide bonds. The molecule has 0 spiro atoms. The van der Waals surface area contributed by atoms with Gasteiger partial charge in [0, 0.05) is 11.3 Å². The molecule has 8 nitrogen and oxygen atoms in total. The molecule has 172 valence electrons. The van der Waals surface area contributed by atoms with Gasteiger partial charge < -0.3 is 9.47 Å². The van der Waals surface area contributed by atoms with E-state index in [9.17, 15) is 4.79 Å². The van der Waals surface area contributed by atoms with Crippen LogP contribution < -0.4 is 14.9 Å². The number of hydrogen-bond acceptors (Lipinski definition) is 7. The van der Waals surface area contributed by atoms with E-state index >= 15 is 0 Å². The Bertz CT molecular complexity index is 1260. The molecular weight excluding hydrogens is 450 g/mol. The summed E-state index contributed by atoms with van der Waals surface area (Å²) >= 11 is 1.28. The van der Waals surface area contributed by atoms with Gasteiger partial charge in [-0.1, -0.05) is 42.1 Å². The molecule has 1 aromatic heterocycles. The first-order chi connectivity index (χ1) is 16.7. The molecule has 1 heterocycles. The van der Waals surface area contributed by atoms with E-state index in [2.05, 4.69) is 20.7 Å². The molecule has 0 saturated heterocycles. The second kappa shape index (κ2) is 11.2. The summed E-state index contributed by atoms with van der Waals surface area (Å²) in [5, 5.41) is 13.4. The lowest BCUT2D eigenvalue weighted by Crippen LogP contribution is -2.20. The lowest BCUT2D eigenvalue weighted by molar-refractivity contribution is -0.118. The maximum absolute atomic E-state index is 12.4. The van der Waals surface area contributed by atoms with Crippen LogP contribution in [0.25, 0.3) is 17.1 Å². The summed E-state index contributed by atoms with van der Waals surface area (Å²) in [7, 11) is 3.24. The monoisotopic (exact) mass is 473 g/mol. The Morgan fingerprint density at radius 3 is 2.24 bits per heavy atom. The first-order valence-corrected chi connectivity index (χ1v) is 11.4. The third-order valence-corrected chi connectivity index (χ3v) is 5.78. The predicted octanol–water partition coefficient (Wildman–Crippen LogP) is 4.19. The molecule has 0 saturated carbocycles. The van der Waals surface area contributed by atoms with Crippen molar-refractivity contribution in [3.63, 3.8) is 0 Å². The van der Waals surface area contributed by atoms with Gasteiger partial charge in [0.25, 0.3) is 5.91 Å². The van der Waals surface area contributed by atoms with Crippen LogP contribution in [0, 0.1) is 0 Å². The fourth-order valence-corrected chi connectivity index (χ4v) is 3.88. The molecule has 0 bridgehead atoms. The van der Waals surface area contributed by atoms with Gasteiger partial charge in [0.05, 0.1) is 26.2 Å². The van der Waals surface area contributed by atoms with E-state index in [0.29, 0.717) is 11.0 Å². The Morgan fingerprint density at radius 2 is 1.59 bits per heavy atom. The van der Waals surface area contributed by atoms with Crippen molar-refractivity contribution in [2.75, 3.05) is 20.0 Å². The van der Waals surface area contributed by atoms with Crippen LogP contribution >= 0.6 is 11.8 Å². The zero-order valence-electron chi connectivity index (χ0n) is 18.7. The summed E-state index contributed by atoms with van der Waals surface area (Å²) in [5.41, 5.74) is 5.18. The minimum absolute atomic E-state index is 0.128. The molecule has 0 aliphatic carbocycles. The second-order valence-corrected chi connectivity index (χ2v) is 8.00. The van der Waals surface area contributed by atoms with Crippen LogP contribution in [-0.2, 0) is 4.79 Å². The molecule has 3 aromatic carbocycles. The molecule has 1 N–H and O–H groups in total. The molecule has 0 aliphatic heterocycles. The number of ether oxygens (including phenoxy) is 2. The number of thioether (sulfide) groups is 1. The van der Waals surface area contributed by atoms with E-state index < -0.39 is 0 Å². The highest BCUT2D eigenvalue weighted by molar-refractivity contribution is 7.99. The molecule has 0 radical (unpaired) electrons. The average molecular weight is 474 g/mol. The van der Waals surface area contributed by atoms with Gasteiger partial charge in [-0.25, -0.2) is 5.43 Å². The lowest BCUT2D eigenvalue weighted by atomic mass is 10.2. The Kier molecular flexibility index (Phi) is 7.56. The van der Waals surface area contributed by atoms with Gasteiger partial charge in [0.1, 0.15) is 11.5 Å². The minimum Gasteiger partial charge on any atom is -0.497 e. The normalized spacial score (nSPS) is 10.9. The third kappa shape index (κ3) is 5.62. The van der Waals surface area contributed by atoms with Gasteiger partial charge in [0.15, 0.2) is 11.0 Å². The molecule has 0 fully saturated rings. The molecule has 34 heavy (non-hydrogen) atoms. The summed E-state index contributed by atoms with van der Waals surface area (Å²) in [4.78, 5) is 12.4. The van der Waals surface area contributed by atoms with Crippen molar-refractivity contribution < 1.29 is 14.3 Å². The fraction of sp³-hybridized carbons (Fsp3) is 0.120. The van der Waals surface area contributed by atoms with Crippen LogP contribution in [0.15, 0.2) is 89.1 Å². The Labute approximate surface area is 201 Å². The number of rotatable bonds is 9. The quantitative estimate of drug-likeness (QED) is 0.223. The third-order valence-electron chi connectivity index (χ3n) is 4.85. The summed E-state index contributed by atoms with van der Waals surface area (Å²) in [6.07, 6.45) is 1.58. The van der Waals surface area contributed by atoms with Crippen molar-refractivity contribution in [1.82, 2.24) is 20.2 Å². The number of hydrazone groups is 1. The SMILES string of the molecule is COc1ccc(/C=N\NC(=O)CSc2nnc(-c3ccccc3)n2-c2ccc(OC)cc2)cc1. The van der Waals surface area contributed by atoms with E-state index in [1.807, 2.05) is 83.4 Å². The highest BCUT2D eigenvalue weighted by atomic mass is 32.2. The average Bonchev–Trinajstić information content (AvgIpc) is 3.32. The maximum Gasteiger partial charge on any atom is 0.250 e. The van der Waals surface area contributed by atoms with Crippen molar-refractivity contribution in [3.8, 4) is 28.6 Å². The van der Waals surface area contributed by atoms with Crippen molar-refractivity contribution in [1.29, 1.82) is 0 Å². The first kappa shape index (κ1) is 23.1. The zero-order valence-corrected chi connectivity index (χ0v) is 19.5. The molecule has 0 atom stereocenters. The second-order valence-electron chi connectivity index (χ2n) is 7.06. The smallest absolute Gasteiger partial charge is 0.250 e. The number of carbonyl (C=O) groups is 1. The van der Waals surface area contributed by atoms with Crippen LogP contribution in [0.3, 0.4) is 0 Å². The van der Waals surface area contributed by atoms with Crippen LogP contribution in [-0.4, -0.2) is 46.9 Å². The summed E-state index contributed by atoms with van der Waals surface area (Å²) < 4.78 is 12.3. The number of aromatic nitrogens is 3. The van der Waals surface area contributed by atoms with Crippen molar-refractivity contribution in [2.24, 2.45) is 5.10 Å². The van der Waals surface area contributed by atoms with Gasteiger partial charge in [-0.15, -0.1) is 10.2 Å². The van der Waals surface area contributed by atoms with E-state index in [4.69, 9.17) is 9.47 Å². The summed E-state index contributed by atoms with van der Waals surface area (Å²) in [5.74, 6) is 2.07. The molecule has 9 heteroatoms. The van der Waals surface area contributed by atoms with E-state index in [1.54, 1.807) is 20.4 Å². The Balaban J connectivity index is 1.48. The van der Waals surface area contributed by atoms with Crippen LogP contribution in [0.2, 0.25) is 0 Å². The van der Waals surface area contributed by atoms with Crippen LogP contribution in [0.1, 0.15) is 5.56 Å². The number of hydrogen-bond donors (Lipinski definition) is 1. The highest BCUT2D eigenvalue weighted by Crippen LogP contribution is 2.28. The Hall–Kier alpha value is -4.11. The topological polar surface area (TPSA) is 90.6 Å². The molecule has 0 unspecified atom stereocenters. The maximum atomic E-state index is 12.4. The van der Waals surface area contributed by atoms with Crippen molar-refractivity contribution in [3.05, 3.63) is 84.4 Å². The van der Waals surface area contributed by atoms with Crippen LogP contribution in [0.5, 0.6) is 11.5 Å². The number of nitrogens with zero attached hydrogens (tertiary/aromatic N) is 4. The molecular formula is C25H23N5O3S. The fourth-order valence-electron chi connectivity index (χ4n) is 3.13. The number of nitrogens with one attached hydrogen (secondary N) is 1. The number of benzene rings is 3. The van der Waals surface area contributed by atoms with E-state index in [0.717, 1.165) is 28.3 Å². The number of amides is 1. The zero-order chi connectivity index (χ0) is 23.8.